The molecule has 214 valence electrons. The Bertz CT molecular complexity index is 1820. The standard InChI is InChI=1S/C28H24Cl2N8O4/c1-41-10-11-42-28(40)32-18-5-2-16(3-6-18)21-14-31-27(34-21)23-8-9-25-33-20(13-26(39)38(23)25)19-12-17(29)4-7-22(19)37-15-24(30)35-36-37/h2-7,12-15,23H,8-11H2,1H3,(H,31,34)(H,32,40)/t23-/m0/s1. The van der Waals surface area contributed by atoms with Gasteiger partial charge in [-0.3, -0.25) is 14.7 Å². The van der Waals surface area contributed by atoms with Crippen molar-refractivity contribution < 1.29 is 14.3 Å². The maximum Gasteiger partial charge on any atom is 0.411 e. The first-order chi connectivity index (χ1) is 20.4. The van der Waals surface area contributed by atoms with Gasteiger partial charge in [-0.15, -0.1) is 5.10 Å². The number of H-pyrrole nitrogens is 1. The molecule has 0 bridgehead atoms. The lowest BCUT2D eigenvalue weighted by Crippen LogP contribution is -2.25. The quantitative estimate of drug-likeness (QED) is 0.237. The molecule has 2 aromatic carbocycles. The summed E-state index contributed by atoms with van der Waals surface area (Å²) in [6.07, 6.45) is 3.99. The largest absolute Gasteiger partial charge is 0.447 e. The van der Waals surface area contributed by atoms with E-state index in [1.807, 2.05) is 12.1 Å². The predicted octanol–water partition coefficient (Wildman–Crippen LogP) is 4.92. The lowest BCUT2D eigenvalue weighted by atomic mass is 10.1. The van der Waals surface area contributed by atoms with Gasteiger partial charge in [0.05, 0.1) is 42.1 Å². The van der Waals surface area contributed by atoms with E-state index in [1.165, 1.54) is 17.9 Å². The fourth-order valence-corrected chi connectivity index (χ4v) is 5.17. The number of anilines is 1. The summed E-state index contributed by atoms with van der Waals surface area (Å²) in [6.45, 7) is 0.493. The van der Waals surface area contributed by atoms with E-state index in [0.717, 1.165) is 11.3 Å². The van der Waals surface area contributed by atoms with E-state index in [0.29, 0.717) is 58.8 Å². The summed E-state index contributed by atoms with van der Waals surface area (Å²) >= 11 is 12.3. The maximum atomic E-state index is 13.5. The van der Waals surface area contributed by atoms with Crippen molar-refractivity contribution in [1.82, 2.24) is 34.5 Å². The van der Waals surface area contributed by atoms with Crippen LogP contribution in [0.3, 0.4) is 0 Å². The molecule has 0 unspecified atom stereocenters. The fourth-order valence-electron chi connectivity index (χ4n) is 4.87. The molecule has 42 heavy (non-hydrogen) atoms. The number of carbonyl (C=O) groups excluding carboxylic acids is 1. The van der Waals surface area contributed by atoms with Gasteiger partial charge in [0.1, 0.15) is 18.3 Å². The number of carbonyl (C=O) groups is 1. The molecule has 0 saturated carbocycles. The van der Waals surface area contributed by atoms with Crippen LogP contribution >= 0.6 is 23.2 Å². The second-order valence-electron chi connectivity index (χ2n) is 9.48. The third-order valence-corrected chi connectivity index (χ3v) is 7.21. The Morgan fingerprint density at radius 3 is 2.74 bits per heavy atom. The van der Waals surface area contributed by atoms with E-state index >= 15 is 0 Å². The third-order valence-electron chi connectivity index (χ3n) is 6.80. The van der Waals surface area contributed by atoms with Crippen molar-refractivity contribution in [3.8, 4) is 28.2 Å². The molecule has 1 amide bonds. The van der Waals surface area contributed by atoms with Crippen molar-refractivity contribution in [2.75, 3.05) is 25.6 Å². The number of nitrogens with zero attached hydrogens (tertiary/aromatic N) is 6. The van der Waals surface area contributed by atoms with Crippen LogP contribution in [0.5, 0.6) is 0 Å². The third kappa shape index (κ3) is 5.64. The zero-order valence-electron chi connectivity index (χ0n) is 22.3. The molecule has 1 aliphatic heterocycles. The summed E-state index contributed by atoms with van der Waals surface area (Å²) in [6, 6.07) is 13.7. The molecular formula is C28H24Cl2N8O4. The Morgan fingerprint density at radius 2 is 1.98 bits per heavy atom. The first-order valence-electron chi connectivity index (χ1n) is 13.0. The molecular weight excluding hydrogens is 583 g/mol. The Morgan fingerprint density at radius 1 is 1.14 bits per heavy atom. The van der Waals surface area contributed by atoms with Crippen LogP contribution in [0.4, 0.5) is 10.5 Å². The number of ether oxygens (including phenoxy) is 2. The molecule has 14 heteroatoms. The Balaban J connectivity index is 1.23. The molecule has 6 rings (SSSR count). The zero-order chi connectivity index (χ0) is 29.2. The van der Waals surface area contributed by atoms with E-state index in [9.17, 15) is 9.59 Å². The molecule has 0 saturated heterocycles. The van der Waals surface area contributed by atoms with Gasteiger partial charge >= 0.3 is 6.09 Å². The average molecular weight is 607 g/mol. The van der Waals surface area contributed by atoms with Gasteiger partial charge in [0, 0.05) is 35.9 Å². The number of aromatic nitrogens is 7. The molecule has 4 heterocycles. The van der Waals surface area contributed by atoms with E-state index < -0.39 is 6.09 Å². The summed E-state index contributed by atoms with van der Waals surface area (Å²) in [5, 5.41) is 11.3. The number of amides is 1. The summed E-state index contributed by atoms with van der Waals surface area (Å²) in [7, 11) is 1.54. The highest BCUT2D eigenvalue weighted by atomic mass is 35.5. The minimum absolute atomic E-state index is 0.168. The molecule has 5 aromatic rings. The SMILES string of the molecule is COCCOC(=O)Nc1ccc(-c2cnc([C@@H]3CCc4nc(-c5cc(Cl)ccc5-n5cc(Cl)nn5)cc(=O)n43)[nH]2)cc1. The topological polar surface area (TPSA) is 142 Å². The van der Waals surface area contributed by atoms with Gasteiger partial charge in [0.15, 0.2) is 5.15 Å². The minimum atomic E-state index is -0.555. The van der Waals surface area contributed by atoms with Crippen molar-refractivity contribution in [2.24, 2.45) is 0 Å². The maximum absolute atomic E-state index is 13.5. The van der Waals surface area contributed by atoms with Gasteiger partial charge in [-0.05, 0) is 42.3 Å². The molecule has 0 spiro atoms. The van der Waals surface area contributed by atoms with Crippen LogP contribution < -0.4 is 10.9 Å². The van der Waals surface area contributed by atoms with Gasteiger partial charge in [0.2, 0.25) is 0 Å². The summed E-state index contributed by atoms with van der Waals surface area (Å²) < 4.78 is 13.1. The Hall–Kier alpha value is -4.52. The molecule has 1 aliphatic rings. The smallest absolute Gasteiger partial charge is 0.411 e. The zero-order valence-corrected chi connectivity index (χ0v) is 23.8. The van der Waals surface area contributed by atoms with Crippen molar-refractivity contribution in [1.29, 1.82) is 0 Å². The number of aromatic amines is 1. The number of nitrogens with one attached hydrogen (secondary N) is 2. The van der Waals surface area contributed by atoms with E-state index in [2.05, 4.69) is 25.6 Å². The molecule has 2 N–H and O–H groups in total. The monoisotopic (exact) mass is 606 g/mol. The lowest BCUT2D eigenvalue weighted by Gasteiger charge is -2.14. The van der Waals surface area contributed by atoms with Crippen LogP contribution in [-0.4, -0.2) is 60.9 Å². The summed E-state index contributed by atoms with van der Waals surface area (Å²) in [4.78, 5) is 38.1. The van der Waals surface area contributed by atoms with Crippen LogP contribution in [0.25, 0.3) is 28.2 Å². The number of imidazole rings is 1. The molecule has 12 nitrogen and oxygen atoms in total. The second kappa shape index (κ2) is 11.8. The van der Waals surface area contributed by atoms with Gasteiger partial charge in [-0.2, -0.15) is 0 Å². The molecule has 1 atom stereocenters. The number of halogens is 2. The highest BCUT2D eigenvalue weighted by Gasteiger charge is 2.29. The first-order valence-corrected chi connectivity index (χ1v) is 13.7. The van der Waals surface area contributed by atoms with Gasteiger partial charge in [-0.25, -0.2) is 19.4 Å². The van der Waals surface area contributed by atoms with Crippen molar-refractivity contribution in [3.05, 3.63) is 93.1 Å². The second-order valence-corrected chi connectivity index (χ2v) is 10.3. The predicted molar refractivity (Wildman–Crippen MR) is 156 cm³/mol. The van der Waals surface area contributed by atoms with Crippen LogP contribution in [0, 0.1) is 0 Å². The highest BCUT2D eigenvalue weighted by molar-refractivity contribution is 6.31. The normalized spacial score (nSPS) is 14.1. The van der Waals surface area contributed by atoms with Gasteiger partial charge in [0.25, 0.3) is 5.56 Å². The number of aryl methyl sites for hydroxylation is 1. The Kier molecular flexibility index (Phi) is 7.74. The number of hydrogen-bond acceptors (Lipinski definition) is 8. The number of benzene rings is 2. The summed E-state index contributed by atoms with van der Waals surface area (Å²) in [5.41, 5.74) is 3.79. The van der Waals surface area contributed by atoms with Gasteiger partial charge in [-0.1, -0.05) is 40.5 Å². The average Bonchev–Trinajstić information content (AvgIpc) is 3.73. The number of fused-ring (bicyclic) bond motifs is 1. The first kappa shape index (κ1) is 27.6. The molecule has 0 aliphatic carbocycles. The van der Waals surface area contributed by atoms with Crippen LogP contribution in [0.2, 0.25) is 10.2 Å². The number of methoxy groups -OCH3 is 1. The summed E-state index contributed by atoms with van der Waals surface area (Å²) in [5.74, 6) is 1.31. The lowest BCUT2D eigenvalue weighted by molar-refractivity contribution is 0.107. The van der Waals surface area contributed by atoms with Crippen molar-refractivity contribution in [3.63, 3.8) is 0 Å². The molecule has 3 aromatic heterocycles. The van der Waals surface area contributed by atoms with E-state index in [1.54, 1.807) is 47.3 Å². The minimum Gasteiger partial charge on any atom is -0.447 e. The van der Waals surface area contributed by atoms with Crippen LogP contribution in [-0.2, 0) is 15.9 Å². The Labute approximate surface area is 249 Å². The fraction of sp³-hybridized carbons (Fsp3) is 0.214. The van der Waals surface area contributed by atoms with Crippen molar-refractivity contribution in [2.45, 2.75) is 18.9 Å². The van der Waals surface area contributed by atoms with E-state index in [-0.39, 0.29) is 23.4 Å². The molecule has 0 radical (unpaired) electrons. The highest BCUT2D eigenvalue weighted by Crippen LogP contribution is 2.33. The number of hydrogen-bond donors (Lipinski definition) is 2. The van der Waals surface area contributed by atoms with Gasteiger partial charge < -0.3 is 14.5 Å². The van der Waals surface area contributed by atoms with E-state index in [4.69, 9.17) is 37.7 Å². The van der Waals surface area contributed by atoms with Crippen molar-refractivity contribution >= 4 is 35.0 Å². The number of rotatable bonds is 8. The molecule has 0 fully saturated rings. The van der Waals surface area contributed by atoms with Crippen LogP contribution in [0.1, 0.15) is 24.1 Å². The van der Waals surface area contributed by atoms with Crippen LogP contribution in [0.15, 0.2) is 65.7 Å².